The molecule has 0 saturated heterocycles. The molecule has 22 heavy (non-hydrogen) atoms. The van der Waals surface area contributed by atoms with Crippen LogP contribution in [0.25, 0.3) is 0 Å². The molecule has 0 fully saturated rings. The van der Waals surface area contributed by atoms with Gasteiger partial charge < -0.3 is 15.2 Å². The second-order valence-corrected chi connectivity index (χ2v) is 5.38. The minimum atomic E-state index is -0.923. The number of methoxy groups -OCH3 is 1. The SMILES string of the molecule is COc1cccc(NC(=O)c2ccccc2SCC(=O)O)c1. The highest BCUT2D eigenvalue weighted by molar-refractivity contribution is 8.00. The number of carbonyl (C=O) groups excluding carboxylic acids is 1. The van der Waals surface area contributed by atoms with Gasteiger partial charge >= 0.3 is 5.97 Å². The van der Waals surface area contributed by atoms with Gasteiger partial charge in [-0.05, 0) is 24.3 Å². The van der Waals surface area contributed by atoms with Crippen molar-refractivity contribution in [3.8, 4) is 5.75 Å². The van der Waals surface area contributed by atoms with Crippen LogP contribution in [0.3, 0.4) is 0 Å². The average Bonchev–Trinajstić information content (AvgIpc) is 2.53. The Labute approximate surface area is 132 Å². The maximum atomic E-state index is 12.4. The van der Waals surface area contributed by atoms with Crippen molar-refractivity contribution in [2.24, 2.45) is 0 Å². The average molecular weight is 317 g/mol. The number of benzene rings is 2. The minimum absolute atomic E-state index is 0.0938. The number of aliphatic carboxylic acids is 1. The third-order valence-electron chi connectivity index (χ3n) is 2.81. The quantitative estimate of drug-likeness (QED) is 0.801. The van der Waals surface area contributed by atoms with Gasteiger partial charge in [-0.2, -0.15) is 0 Å². The summed E-state index contributed by atoms with van der Waals surface area (Å²) in [5.41, 5.74) is 1.05. The topological polar surface area (TPSA) is 75.6 Å². The van der Waals surface area contributed by atoms with E-state index in [1.54, 1.807) is 55.6 Å². The van der Waals surface area contributed by atoms with Crippen LogP contribution >= 0.6 is 11.8 Å². The summed E-state index contributed by atoms with van der Waals surface area (Å²) in [6.07, 6.45) is 0. The van der Waals surface area contributed by atoms with Crippen LogP contribution in [0.5, 0.6) is 5.75 Å². The van der Waals surface area contributed by atoms with Crippen molar-refractivity contribution in [3.63, 3.8) is 0 Å². The second kappa shape index (κ2) is 7.51. The Bertz CT molecular complexity index is 687. The lowest BCUT2D eigenvalue weighted by Crippen LogP contribution is -2.13. The Morgan fingerprint density at radius 3 is 2.68 bits per heavy atom. The lowest BCUT2D eigenvalue weighted by molar-refractivity contribution is -0.133. The predicted octanol–water partition coefficient (Wildman–Crippen LogP) is 3.12. The zero-order valence-electron chi connectivity index (χ0n) is 11.9. The van der Waals surface area contributed by atoms with Crippen LogP contribution < -0.4 is 10.1 Å². The molecule has 0 radical (unpaired) electrons. The highest BCUT2D eigenvalue weighted by Gasteiger charge is 2.13. The third kappa shape index (κ3) is 4.26. The molecule has 0 aliphatic heterocycles. The fraction of sp³-hybridized carbons (Fsp3) is 0.125. The van der Waals surface area contributed by atoms with E-state index in [2.05, 4.69) is 5.32 Å². The van der Waals surface area contributed by atoms with E-state index in [0.29, 0.717) is 21.9 Å². The van der Waals surface area contributed by atoms with Gasteiger partial charge in [0.05, 0.1) is 18.4 Å². The van der Waals surface area contributed by atoms with Crippen molar-refractivity contribution in [3.05, 3.63) is 54.1 Å². The van der Waals surface area contributed by atoms with Gasteiger partial charge in [0.2, 0.25) is 0 Å². The van der Waals surface area contributed by atoms with Crippen LogP contribution in [0, 0.1) is 0 Å². The first-order valence-electron chi connectivity index (χ1n) is 6.49. The fourth-order valence-electron chi connectivity index (χ4n) is 1.82. The molecule has 2 N–H and O–H groups in total. The zero-order chi connectivity index (χ0) is 15.9. The first-order chi connectivity index (χ1) is 10.6. The number of amides is 1. The lowest BCUT2D eigenvalue weighted by Gasteiger charge is -2.10. The second-order valence-electron chi connectivity index (χ2n) is 4.36. The summed E-state index contributed by atoms with van der Waals surface area (Å²) in [6, 6.07) is 13.9. The number of nitrogens with one attached hydrogen (secondary N) is 1. The lowest BCUT2D eigenvalue weighted by atomic mass is 10.2. The molecule has 0 heterocycles. The molecule has 0 aromatic heterocycles. The molecule has 0 unspecified atom stereocenters. The molecule has 2 aromatic rings. The number of carboxylic acid groups (broad SMARTS) is 1. The summed E-state index contributed by atoms with van der Waals surface area (Å²) < 4.78 is 5.11. The van der Waals surface area contributed by atoms with E-state index in [4.69, 9.17) is 9.84 Å². The Morgan fingerprint density at radius 1 is 1.18 bits per heavy atom. The molecule has 0 aliphatic carbocycles. The summed E-state index contributed by atoms with van der Waals surface area (Å²) >= 11 is 1.12. The van der Waals surface area contributed by atoms with E-state index in [-0.39, 0.29) is 11.7 Å². The molecule has 0 saturated carbocycles. The number of hydrogen-bond donors (Lipinski definition) is 2. The molecule has 0 atom stereocenters. The summed E-state index contributed by atoms with van der Waals surface area (Å²) in [7, 11) is 1.55. The molecule has 2 rings (SSSR count). The molecule has 1 amide bonds. The monoisotopic (exact) mass is 317 g/mol. The van der Waals surface area contributed by atoms with Crippen molar-refractivity contribution in [1.82, 2.24) is 0 Å². The van der Waals surface area contributed by atoms with Crippen LogP contribution in [0.15, 0.2) is 53.4 Å². The third-order valence-corrected chi connectivity index (χ3v) is 3.87. The number of hydrogen-bond acceptors (Lipinski definition) is 4. The standard InChI is InChI=1S/C16H15NO4S/c1-21-12-6-4-5-11(9-12)17-16(20)13-7-2-3-8-14(13)22-10-15(18)19/h2-9H,10H2,1H3,(H,17,20)(H,18,19). The Kier molecular flexibility index (Phi) is 5.43. The molecule has 0 bridgehead atoms. The Balaban J connectivity index is 2.16. The van der Waals surface area contributed by atoms with Crippen LogP contribution in [-0.2, 0) is 4.79 Å². The number of ether oxygens (including phenoxy) is 1. The maximum absolute atomic E-state index is 12.4. The molecule has 0 spiro atoms. The van der Waals surface area contributed by atoms with Gasteiger partial charge in [0.15, 0.2) is 0 Å². The van der Waals surface area contributed by atoms with Crippen molar-refractivity contribution in [2.45, 2.75) is 4.90 Å². The zero-order valence-corrected chi connectivity index (χ0v) is 12.7. The molecule has 114 valence electrons. The highest BCUT2D eigenvalue weighted by atomic mass is 32.2. The first-order valence-corrected chi connectivity index (χ1v) is 7.47. The number of thioether (sulfide) groups is 1. The van der Waals surface area contributed by atoms with E-state index in [9.17, 15) is 9.59 Å². The maximum Gasteiger partial charge on any atom is 0.313 e. The molecular formula is C16H15NO4S. The first kappa shape index (κ1) is 15.9. The molecular weight excluding hydrogens is 302 g/mol. The van der Waals surface area contributed by atoms with Gasteiger partial charge in [-0.3, -0.25) is 9.59 Å². The van der Waals surface area contributed by atoms with Crippen LogP contribution in [0.2, 0.25) is 0 Å². The minimum Gasteiger partial charge on any atom is -0.497 e. The van der Waals surface area contributed by atoms with Crippen LogP contribution in [0.1, 0.15) is 10.4 Å². The van der Waals surface area contributed by atoms with Gasteiger partial charge in [0, 0.05) is 16.6 Å². The number of carbonyl (C=O) groups is 2. The van der Waals surface area contributed by atoms with Crippen LogP contribution in [-0.4, -0.2) is 29.8 Å². The van der Waals surface area contributed by atoms with Gasteiger partial charge in [-0.1, -0.05) is 18.2 Å². The largest absolute Gasteiger partial charge is 0.497 e. The van der Waals surface area contributed by atoms with Crippen LogP contribution in [0.4, 0.5) is 5.69 Å². The van der Waals surface area contributed by atoms with Crippen molar-refractivity contribution in [2.75, 3.05) is 18.2 Å². The number of rotatable bonds is 6. The van der Waals surface area contributed by atoms with Crippen molar-refractivity contribution in [1.29, 1.82) is 0 Å². The molecule has 6 heteroatoms. The van der Waals surface area contributed by atoms with E-state index in [0.717, 1.165) is 11.8 Å². The smallest absolute Gasteiger partial charge is 0.313 e. The predicted molar refractivity (Wildman–Crippen MR) is 85.7 cm³/mol. The van der Waals surface area contributed by atoms with Crippen molar-refractivity contribution < 1.29 is 19.4 Å². The van der Waals surface area contributed by atoms with Gasteiger partial charge in [-0.25, -0.2) is 0 Å². The van der Waals surface area contributed by atoms with Gasteiger partial charge in [0.1, 0.15) is 5.75 Å². The van der Waals surface area contributed by atoms with Crippen molar-refractivity contribution >= 4 is 29.3 Å². The summed E-state index contributed by atoms with van der Waals surface area (Å²) in [5, 5.41) is 11.5. The summed E-state index contributed by atoms with van der Waals surface area (Å²) in [5.74, 6) is -0.662. The summed E-state index contributed by atoms with van der Waals surface area (Å²) in [4.78, 5) is 23.7. The van der Waals surface area contributed by atoms with Gasteiger partial charge in [-0.15, -0.1) is 11.8 Å². The molecule has 5 nitrogen and oxygen atoms in total. The van der Waals surface area contributed by atoms with Gasteiger partial charge in [0.25, 0.3) is 5.91 Å². The Hall–Kier alpha value is -2.47. The van der Waals surface area contributed by atoms with E-state index in [1.807, 2.05) is 0 Å². The highest BCUT2D eigenvalue weighted by Crippen LogP contribution is 2.24. The number of anilines is 1. The van der Waals surface area contributed by atoms with E-state index in [1.165, 1.54) is 0 Å². The Morgan fingerprint density at radius 2 is 1.95 bits per heavy atom. The molecule has 0 aliphatic rings. The fourth-order valence-corrected chi connectivity index (χ4v) is 2.59. The van der Waals surface area contributed by atoms with E-state index < -0.39 is 5.97 Å². The normalized spacial score (nSPS) is 10.0. The molecule has 2 aromatic carbocycles. The number of carboxylic acids is 1. The summed E-state index contributed by atoms with van der Waals surface area (Å²) in [6.45, 7) is 0. The van der Waals surface area contributed by atoms with E-state index >= 15 is 0 Å².